The third-order valence-electron chi connectivity index (χ3n) is 4.05. The summed E-state index contributed by atoms with van der Waals surface area (Å²) in [4.78, 5) is 25.2. The molecular formula is C14H13F2NO3. The molecule has 2 atom stereocenters. The summed E-state index contributed by atoms with van der Waals surface area (Å²) in [6.07, 6.45) is 1.69. The normalized spacial score (nSPS) is 25.4. The van der Waals surface area contributed by atoms with E-state index in [1.54, 1.807) is 0 Å². The van der Waals surface area contributed by atoms with Crippen molar-refractivity contribution < 1.29 is 23.5 Å². The van der Waals surface area contributed by atoms with E-state index in [9.17, 15) is 23.5 Å². The van der Waals surface area contributed by atoms with E-state index in [-0.39, 0.29) is 23.6 Å². The molecule has 4 nitrogen and oxygen atoms in total. The lowest BCUT2D eigenvalue weighted by molar-refractivity contribution is 0.0562. The minimum Gasteiger partial charge on any atom is -0.393 e. The number of nitrogens with zero attached hydrogens (tertiary/aromatic N) is 1. The Morgan fingerprint density at radius 2 is 1.65 bits per heavy atom. The van der Waals surface area contributed by atoms with Crippen molar-refractivity contribution in [1.82, 2.24) is 4.90 Å². The Balaban J connectivity index is 1.89. The van der Waals surface area contributed by atoms with Crippen molar-refractivity contribution in [2.75, 3.05) is 6.54 Å². The fraction of sp³-hybridized carbons (Fsp3) is 0.429. The molecule has 0 aromatic heterocycles. The van der Waals surface area contributed by atoms with E-state index < -0.39 is 29.6 Å². The average molecular weight is 281 g/mol. The second-order valence-corrected chi connectivity index (χ2v) is 5.29. The molecule has 1 aromatic rings. The number of fused-ring (bicyclic) bond motifs is 1. The van der Waals surface area contributed by atoms with Gasteiger partial charge in [0.05, 0.1) is 17.2 Å². The summed E-state index contributed by atoms with van der Waals surface area (Å²) in [5.74, 6) is -3.70. The van der Waals surface area contributed by atoms with Crippen LogP contribution in [0.2, 0.25) is 0 Å². The van der Waals surface area contributed by atoms with Crippen LogP contribution in [0, 0.1) is 17.6 Å². The maximum absolute atomic E-state index is 13.2. The third-order valence-corrected chi connectivity index (χ3v) is 4.05. The predicted octanol–water partition coefficient (Wildman–Crippen LogP) is 1.72. The first-order valence-electron chi connectivity index (χ1n) is 6.52. The van der Waals surface area contributed by atoms with Crippen LogP contribution in [0.5, 0.6) is 0 Å². The van der Waals surface area contributed by atoms with Crippen molar-refractivity contribution in [3.63, 3.8) is 0 Å². The molecule has 2 aliphatic rings. The highest BCUT2D eigenvalue weighted by Crippen LogP contribution is 2.31. The SMILES string of the molecule is O=C1c2cc(F)c(F)cc2C(=O)N1CC1CCCC1O. The Labute approximate surface area is 114 Å². The van der Waals surface area contributed by atoms with Crippen molar-refractivity contribution in [1.29, 1.82) is 0 Å². The number of aliphatic hydroxyl groups is 1. The molecule has 1 aromatic carbocycles. The molecule has 20 heavy (non-hydrogen) atoms. The van der Waals surface area contributed by atoms with Gasteiger partial charge in [-0.25, -0.2) is 8.78 Å². The molecular weight excluding hydrogens is 268 g/mol. The van der Waals surface area contributed by atoms with Gasteiger partial charge in [0, 0.05) is 12.5 Å². The molecule has 2 amide bonds. The van der Waals surface area contributed by atoms with Gasteiger partial charge in [-0.15, -0.1) is 0 Å². The highest BCUT2D eigenvalue weighted by molar-refractivity contribution is 6.21. The standard InChI is InChI=1S/C14H13F2NO3/c15-10-4-8-9(5-11(10)16)14(20)17(13(8)19)6-7-2-1-3-12(7)18/h4-5,7,12,18H,1-3,6H2. The molecule has 1 aliphatic heterocycles. The van der Waals surface area contributed by atoms with Gasteiger partial charge in [0.1, 0.15) is 0 Å². The summed E-state index contributed by atoms with van der Waals surface area (Å²) in [6.45, 7) is 0.0940. The zero-order valence-corrected chi connectivity index (χ0v) is 10.6. The number of aliphatic hydroxyl groups excluding tert-OH is 1. The number of imide groups is 1. The van der Waals surface area contributed by atoms with E-state index in [0.717, 1.165) is 29.9 Å². The summed E-state index contributed by atoms with van der Waals surface area (Å²) in [6, 6.07) is 1.52. The number of halogens is 2. The molecule has 6 heteroatoms. The molecule has 0 bridgehead atoms. The van der Waals surface area contributed by atoms with Gasteiger partial charge in [-0.1, -0.05) is 6.42 Å². The van der Waals surface area contributed by atoms with Gasteiger partial charge in [-0.2, -0.15) is 0 Å². The minimum absolute atomic E-state index is 0.0940. The molecule has 3 rings (SSSR count). The lowest BCUT2D eigenvalue weighted by atomic mass is 10.1. The van der Waals surface area contributed by atoms with Crippen LogP contribution in [0.25, 0.3) is 0 Å². The number of carbonyl (C=O) groups excluding carboxylic acids is 2. The average Bonchev–Trinajstić information content (AvgIpc) is 2.90. The summed E-state index contributed by atoms with van der Waals surface area (Å²) < 4.78 is 26.3. The van der Waals surface area contributed by atoms with Gasteiger partial charge in [0.25, 0.3) is 11.8 Å². The van der Waals surface area contributed by atoms with Crippen LogP contribution in [0.4, 0.5) is 8.78 Å². The maximum Gasteiger partial charge on any atom is 0.261 e. The first kappa shape index (κ1) is 13.2. The predicted molar refractivity (Wildman–Crippen MR) is 65.1 cm³/mol. The fourth-order valence-corrected chi connectivity index (χ4v) is 2.91. The molecule has 1 saturated carbocycles. The number of amides is 2. The Kier molecular flexibility index (Phi) is 3.05. The molecule has 106 valence electrons. The van der Waals surface area contributed by atoms with Gasteiger partial charge in [0.2, 0.25) is 0 Å². The number of benzene rings is 1. The zero-order chi connectivity index (χ0) is 14.4. The molecule has 2 unspecified atom stereocenters. The summed E-state index contributed by atoms with van der Waals surface area (Å²) in [5, 5.41) is 9.76. The fourth-order valence-electron chi connectivity index (χ4n) is 2.91. The Bertz CT molecular complexity index is 561. The first-order valence-corrected chi connectivity index (χ1v) is 6.52. The van der Waals surface area contributed by atoms with Crippen LogP contribution >= 0.6 is 0 Å². The highest BCUT2D eigenvalue weighted by atomic mass is 19.2. The van der Waals surface area contributed by atoms with Crippen molar-refractivity contribution >= 4 is 11.8 Å². The third kappa shape index (κ3) is 1.91. The molecule has 1 aliphatic carbocycles. The Hall–Kier alpha value is -1.82. The molecule has 1 heterocycles. The summed E-state index contributed by atoms with van der Waals surface area (Å²) in [5.41, 5.74) is -0.220. The molecule has 0 radical (unpaired) electrons. The molecule has 0 spiro atoms. The van der Waals surface area contributed by atoms with Crippen LogP contribution in [0.15, 0.2) is 12.1 Å². The van der Waals surface area contributed by atoms with Crippen LogP contribution in [0.3, 0.4) is 0 Å². The van der Waals surface area contributed by atoms with E-state index in [4.69, 9.17) is 0 Å². The lowest BCUT2D eigenvalue weighted by Crippen LogP contribution is -2.36. The van der Waals surface area contributed by atoms with Crippen molar-refractivity contribution in [3.8, 4) is 0 Å². The topological polar surface area (TPSA) is 57.6 Å². The Morgan fingerprint density at radius 1 is 1.10 bits per heavy atom. The van der Waals surface area contributed by atoms with Crippen LogP contribution in [-0.4, -0.2) is 34.5 Å². The smallest absolute Gasteiger partial charge is 0.261 e. The van der Waals surface area contributed by atoms with Gasteiger partial charge in [-0.05, 0) is 25.0 Å². The number of carbonyl (C=O) groups is 2. The highest BCUT2D eigenvalue weighted by Gasteiger charge is 2.39. The molecule has 0 saturated heterocycles. The minimum atomic E-state index is -1.15. The second kappa shape index (κ2) is 4.63. The van der Waals surface area contributed by atoms with Gasteiger partial charge >= 0.3 is 0 Å². The van der Waals surface area contributed by atoms with Crippen molar-refractivity contribution in [2.45, 2.75) is 25.4 Å². The van der Waals surface area contributed by atoms with E-state index >= 15 is 0 Å². The van der Waals surface area contributed by atoms with Crippen molar-refractivity contribution in [2.24, 2.45) is 5.92 Å². The van der Waals surface area contributed by atoms with E-state index in [1.807, 2.05) is 0 Å². The van der Waals surface area contributed by atoms with Crippen LogP contribution < -0.4 is 0 Å². The van der Waals surface area contributed by atoms with Gasteiger partial charge in [0.15, 0.2) is 11.6 Å². The first-order chi connectivity index (χ1) is 9.49. The number of hydrogen-bond donors (Lipinski definition) is 1. The maximum atomic E-state index is 13.2. The van der Waals surface area contributed by atoms with E-state index in [1.165, 1.54) is 0 Å². The monoisotopic (exact) mass is 281 g/mol. The quantitative estimate of drug-likeness (QED) is 0.840. The van der Waals surface area contributed by atoms with Gasteiger partial charge in [-0.3, -0.25) is 14.5 Å². The zero-order valence-electron chi connectivity index (χ0n) is 10.6. The van der Waals surface area contributed by atoms with Gasteiger partial charge < -0.3 is 5.11 Å². The number of hydrogen-bond acceptors (Lipinski definition) is 3. The lowest BCUT2D eigenvalue weighted by Gasteiger charge is -2.21. The Morgan fingerprint density at radius 3 is 2.10 bits per heavy atom. The molecule has 1 fully saturated rings. The van der Waals surface area contributed by atoms with Crippen molar-refractivity contribution in [3.05, 3.63) is 34.9 Å². The summed E-state index contributed by atoms with van der Waals surface area (Å²) in [7, 11) is 0. The van der Waals surface area contributed by atoms with Crippen LogP contribution in [-0.2, 0) is 0 Å². The second-order valence-electron chi connectivity index (χ2n) is 5.29. The van der Waals surface area contributed by atoms with E-state index in [2.05, 4.69) is 0 Å². The van der Waals surface area contributed by atoms with Crippen LogP contribution in [0.1, 0.15) is 40.0 Å². The molecule has 1 N–H and O–H groups in total. The summed E-state index contributed by atoms with van der Waals surface area (Å²) >= 11 is 0. The largest absolute Gasteiger partial charge is 0.393 e. The van der Waals surface area contributed by atoms with E-state index in [0.29, 0.717) is 6.42 Å². The number of rotatable bonds is 2.